The molecule has 0 amide bonds. The van der Waals surface area contributed by atoms with E-state index in [4.69, 9.17) is 16.3 Å². The van der Waals surface area contributed by atoms with E-state index in [1.165, 1.54) is 6.07 Å². The fourth-order valence-electron chi connectivity index (χ4n) is 1.10. The van der Waals surface area contributed by atoms with Crippen molar-refractivity contribution < 1.29 is 13.9 Å². The van der Waals surface area contributed by atoms with Gasteiger partial charge < -0.3 is 4.74 Å². The molecule has 0 heterocycles. The van der Waals surface area contributed by atoms with Crippen LogP contribution in [0.2, 0.25) is 5.02 Å². The first-order chi connectivity index (χ1) is 7.04. The highest BCUT2D eigenvalue weighted by atomic mass is 79.9. The van der Waals surface area contributed by atoms with Crippen LogP contribution >= 0.6 is 27.5 Å². The zero-order valence-electron chi connectivity index (χ0n) is 8.02. The molecule has 0 saturated heterocycles. The second kappa shape index (κ2) is 5.47. The third-order valence-electron chi connectivity index (χ3n) is 1.73. The molecule has 1 aromatic carbocycles. The van der Waals surface area contributed by atoms with Gasteiger partial charge in [0.1, 0.15) is 5.82 Å². The number of esters is 1. The van der Waals surface area contributed by atoms with E-state index in [2.05, 4.69) is 15.9 Å². The van der Waals surface area contributed by atoms with Crippen LogP contribution in [0.3, 0.4) is 0 Å². The molecule has 1 aromatic rings. The highest BCUT2D eigenvalue weighted by Gasteiger charge is 2.13. The van der Waals surface area contributed by atoms with Crippen molar-refractivity contribution in [1.82, 2.24) is 0 Å². The van der Waals surface area contributed by atoms with Crippen molar-refractivity contribution in [1.29, 1.82) is 0 Å². The van der Waals surface area contributed by atoms with E-state index in [-0.39, 0.29) is 23.6 Å². The highest BCUT2D eigenvalue weighted by molar-refractivity contribution is 9.10. The summed E-state index contributed by atoms with van der Waals surface area (Å²) in [6.07, 6.45) is -0.147. The van der Waals surface area contributed by atoms with Crippen molar-refractivity contribution in [2.24, 2.45) is 0 Å². The molecule has 15 heavy (non-hydrogen) atoms. The Labute approximate surface area is 101 Å². The van der Waals surface area contributed by atoms with E-state index >= 15 is 0 Å². The Morgan fingerprint density at radius 2 is 2.27 bits per heavy atom. The Hall–Kier alpha value is -0.610. The molecule has 0 N–H and O–H groups in total. The fraction of sp³-hybridized carbons (Fsp3) is 0.300. The number of carbonyl (C=O) groups excluding carboxylic acids is 1. The van der Waals surface area contributed by atoms with Crippen LogP contribution in [0, 0.1) is 5.82 Å². The van der Waals surface area contributed by atoms with Crippen LogP contribution in [0.1, 0.15) is 12.5 Å². The van der Waals surface area contributed by atoms with E-state index in [1.807, 2.05) is 0 Å². The average Bonchev–Trinajstić information content (AvgIpc) is 2.11. The molecule has 5 heteroatoms. The van der Waals surface area contributed by atoms with Crippen molar-refractivity contribution in [2.75, 3.05) is 6.61 Å². The van der Waals surface area contributed by atoms with E-state index in [0.29, 0.717) is 4.47 Å². The summed E-state index contributed by atoms with van der Waals surface area (Å²) in [6.45, 7) is 1.96. The van der Waals surface area contributed by atoms with Gasteiger partial charge in [-0.15, -0.1) is 0 Å². The molecule has 0 saturated carbocycles. The van der Waals surface area contributed by atoms with Gasteiger partial charge in [0.05, 0.1) is 13.0 Å². The fourth-order valence-corrected chi connectivity index (χ4v) is 1.93. The molecule has 0 aromatic heterocycles. The zero-order chi connectivity index (χ0) is 11.4. The van der Waals surface area contributed by atoms with Gasteiger partial charge in [0, 0.05) is 15.1 Å². The van der Waals surface area contributed by atoms with Gasteiger partial charge in [-0.1, -0.05) is 27.5 Å². The molecule has 0 fully saturated rings. The lowest BCUT2D eigenvalue weighted by Gasteiger charge is -2.06. The SMILES string of the molecule is CCOC(=O)Cc1c(F)cc(Br)cc1Cl. The van der Waals surface area contributed by atoms with Crippen molar-refractivity contribution in [2.45, 2.75) is 13.3 Å². The summed E-state index contributed by atoms with van der Waals surface area (Å²) >= 11 is 8.90. The number of hydrogen-bond acceptors (Lipinski definition) is 2. The van der Waals surface area contributed by atoms with Gasteiger partial charge in [-0.05, 0) is 19.1 Å². The minimum Gasteiger partial charge on any atom is -0.466 e. The maximum atomic E-state index is 13.4. The van der Waals surface area contributed by atoms with Crippen LogP contribution in [0.4, 0.5) is 4.39 Å². The van der Waals surface area contributed by atoms with Crippen LogP contribution < -0.4 is 0 Å². The van der Waals surface area contributed by atoms with Crippen molar-refractivity contribution >= 4 is 33.5 Å². The third-order valence-corrected chi connectivity index (χ3v) is 2.53. The van der Waals surface area contributed by atoms with E-state index in [9.17, 15) is 9.18 Å². The first-order valence-corrected chi connectivity index (χ1v) is 5.50. The second-order valence-corrected chi connectivity index (χ2v) is 4.15. The number of halogens is 3. The molecule has 2 nitrogen and oxygen atoms in total. The maximum Gasteiger partial charge on any atom is 0.310 e. The van der Waals surface area contributed by atoms with E-state index < -0.39 is 11.8 Å². The van der Waals surface area contributed by atoms with Crippen LogP contribution in [0.5, 0.6) is 0 Å². The summed E-state index contributed by atoms with van der Waals surface area (Å²) < 4.78 is 18.6. The zero-order valence-corrected chi connectivity index (χ0v) is 10.4. The number of benzene rings is 1. The first-order valence-electron chi connectivity index (χ1n) is 4.33. The van der Waals surface area contributed by atoms with Crippen LogP contribution in [0.15, 0.2) is 16.6 Å². The molecule has 1 rings (SSSR count). The van der Waals surface area contributed by atoms with E-state index in [0.717, 1.165) is 0 Å². The summed E-state index contributed by atoms with van der Waals surface area (Å²) in [5, 5.41) is 0.218. The Balaban J connectivity index is 2.90. The minimum absolute atomic E-state index is 0.147. The first kappa shape index (κ1) is 12.5. The summed E-state index contributed by atoms with van der Waals surface area (Å²) in [6, 6.07) is 2.81. The molecular weight excluding hydrogens is 286 g/mol. The smallest absolute Gasteiger partial charge is 0.310 e. The minimum atomic E-state index is -0.512. The molecule has 0 aliphatic rings. The van der Waals surface area contributed by atoms with Gasteiger partial charge >= 0.3 is 5.97 Å². The Bertz CT molecular complexity index is 359. The van der Waals surface area contributed by atoms with Crippen LogP contribution in [-0.2, 0) is 16.0 Å². The molecule has 0 radical (unpaired) electrons. The van der Waals surface area contributed by atoms with Gasteiger partial charge in [-0.3, -0.25) is 4.79 Å². The summed E-state index contributed by atoms with van der Waals surface area (Å²) in [4.78, 5) is 11.1. The van der Waals surface area contributed by atoms with Gasteiger partial charge in [0.15, 0.2) is 0 Å². The summed E-state index contributed by atoms with van der Waals surface area (Å²) in [7, 11) is 0. The molecular formula is C10H9BrClFO2. The van der Waals surface area contributed by atoms with E-state index in [1.54, 1.807) is 13.0 Å². The van der Waals surface area contributed by atoms with Crippen molar-refractivity contribution in [3.05, 3.63) is 33.0 Å². The largest absolute Gasteiger partial charge is 0.466 e. The van der Waals surface area contributed by atoms with Gasteiger partial charge in [0.2, 0.25) is 0 Å². The average molecular weight is 296 g/mol. The molecule has 0 aliphatic heterocycles. The number of rotatable bonds is 3. The monoisotopic (exact) mass is 294 g/mol. The van der Waals surface area contributed by atoms with Crippen molar-refractivity contribution in [3.8, 4) is 0 Å². The second-order valence-electron chi connectivity index (χ2n) is 2.83. The summed E-state index contributed by atoms with van der Waals surface area (Å²) in [5.74, 6) is -0.997. The maximum absolute atomic E-state index is 13.4. The summed E-state index contributed by atoms with van der Waals surface area (Å²) in [5.41, 5.74) is 0.165. The molecule has 0 aliphatic carbocycles. The third kappa shape index (κ3) is 3.47. The van der Waals surface area contributed by atoms with Crippen molar-refractivity contribution in [3.63, 3.8) is 0 Å². The number of ether oxygens (including phenoxy) is 1. The lowest BCUT2D eigenvalue weighted by atomic mass is 10.1. The predicted octanol–water partition coefficient (Wildman–Crippen LogP) is 3.35. The van der Waals surface area contributed by atoms with Crippen LogP contribution in [-0.4, -0.2) is 12.6 Å². The Morgan fingerprint density at radius 3 is 2.80 bits per heavy atom. The quantitative estimate of drug-likeness (QED) is 0.799. The van der Waals surface area contributed by atoms with Gasteiger partial charge in [0.25, 0.3) is 0 Å². The number of carbonyl (C=O) groups is 1. The Kier molecular flexibility index (Phi) is 4.54. The Morgan fingerprint density at radius 1 is 1.60 bits per heavy atom. The highest BCUT2D eigenvalue weighted by Crippen LogP contribution is 2.25. The number of hydrogen-bond donors (Lipinski definition) is 0. The molecule has 82 valence electrons. The molecule has 0 bridgehead atoms. The van der Waals surface area contributed by atoms with Gasteiger partial charge in [-0.25, -0.2) is 4.39 Å². The predicted molar refractivity (Wildman–Crippen MR) is 59.4 cm³/mol. The standard InChI is InChI=1S/C10H9BrClFO2/c1-2-15-10(14)5-7-8(12)3-6(11)4-9(7)13/h3-4H,2,5H2,1H3. The lowest BCUT2D eigenvalue weighted by molar-refractivity contribution is -0.142. The molecule has 0 atom stereocenters. The van der Waals surface area contributed by atoms with Crippen LogP contribution in [0.25, 0.3) is 0 Å². The normalized spacial score (nSPS) is 10.1. The topological polar surface area (TPSA) is 26.3 Å². The molecule has 0 unspecified atom stereocenters. The van der Waals surface area contributed by atoms with Gasteiger partial charge in [-0.2, -0.15) is 0 Å². The molecule has 0 spiro atoms. The lowest BCUT2D eigenvalue weighted by Crippen LogP contribution is -2.09.